The maximum atomic E-state index is 12.4. The summed E-state index contributed by atoms with van der Waals surface area (Å²) in [5.74, 6) is -0.795. The third-order valence-electron chi connectivity index (χ3n) is 2.27. The fourth-order valence-electron chi connectivity index (χ4n) is 1.52. The molecule has 0 aliphatic carbocycles. The van der Waals surface area contributed by atoms with Crippen molar-refractivity contribution >= 4 is 17.7 Å². The highest BCUT2D eigenvalue weighted by Crippen LogP contribution is 2.39. The van der Waals surface area contributed by atoms with Gasteiger partial charge in [0.15, 0.2) is 0 Å². The first-order chi connectivity index (χ1) is 9.34. The predicted octanol–water partition coefficient (Wildman–Crippen LogP) is 2.84. The lowest BCUT2D eigenvalue weighted by Crippen LogP contribution is -2.11. The number of nitriles is 1. The van der Waals surface area contributed by atoms with E-state index in [0.717, 1.165) is 12.1 Å². The number of thioether (sulfide) groups is 1. The second-order valence-corrected chi connectivity index (χ2v) is 4.61. The van der Waals surface area contributed by atoms with Crippen molar-refractivity contribution in [3.05, 3.63) is 28.8 Å². The Balaban J connectivity index is 3.34. The van der Waals surface area contributed by atoms with Crippen molar-refractivity contribution < 1.29 is 27.8 Å². The van der Waals surface area contributed by atoms with Crippen molar-refractivity contribution in [2.75, 3.05) is 6.61 Å². The van der Waals surface area contributed by atoms with Crippen LogP contribution >= 0.6 is 11.8 Å². The van der Waals surface area contributed by atoms with E-state index in [2.05, 4.69) is 0 Å². The lowest BCUT2D eigenvalue weighted by atomic mass is 10.0. The summed E-state index contributed by atoms with van der Waals surface area (Å²) in [7, 11) is 0. The summed E-state index contributed by atoms with van der Waals surface area (Å²) < 4.78 is 41.8. The van der Waals surface area contributed by atoms with Crippen molar-refractivity contribution in [1.82, 2.24) is 0 Å². The summed E-state index contributed by atoms with van der Waals surface area (Å²) in [5, 5.41) is 18.2. The van der Waals surface area contributed by atoms with Crippen LogP contribution in [0.25, 0.3) is 0 Å². The third-order valence-corrected chi connectivity index (χ3v) is 3.06. The number of hydrogen-bond donors (Lipinski definition) is 1. The molecule has 0 fully saturated rings. The standard InChI is InChI=1S/C12H10F3NO3S/c1-2-19-11(18)7-3-4-10(20-12(13,14)15)8(5-16)9(7)6-17/h3-4,17H,2,6H2,1H3. The van der Waals surface area contributed by atoms with Crippen LogP contribution in [0, 0.1) is 11.3 Å². The molecule has 8 heteroatoms. The van der Waals surface area contributed by atoms with Crippen LogP contribution in [-0.2, 0) is 11.3 Å². The zero-order valence-corrected chi connectivity index (χ0v) is 11.1. The van der Waals surface area contributed by atoms with Gasteiger partial charge in [0.25, 0.3) is 0 Å². The second-order valence-electron chi connectivity index (χ2n) is 3.50. The predicted molar refractivity (Wildman–Crippen MR) is 64.9 cm³/mol. The average Bonchev–Trinajstić information content (AvgIpc) is 2.36. The van der Waals surface area contributed by atoms with Gasteiger partial charge in [-0.25, -0.2) is 4.79 Å². The van der Waals surface area contributed by atoms with E-state index in [4.69, 9.17) is 10.00 Å². The fraction of sp³-hybridized carbons (Fsp3) is 0.333. The van der Waals surface area contributed by atoms with Crippen LogP contribution in [0.5, 0.6) is 0 Å². The van der Waals surface area contributed by atoms with Gasteiger partial charge >= 0.3 is 11.5 Å². The monoisotopic (exact) mass is 305 g/mol. The number of carbonyl (C=O) groups is 1. The Morgan fingerprint density at radius 1 is 1.50 bits per heavy atom. The van der Waals surface area contributed by atoms with E-state index in [1.54, 1.807) is 13.0 Å². The maximum absolute atomic E-state index is 12.4. The van der Waals surface area contributed by atoms with E-state index in [1.165, 1.54) is 0 Å². The molecule has 1 aromatic rings. The van der Waals surface area contributed by atoms with Gasteiger partial charge in [-0.1, -0.05) is 0 Å². The smallest absolute Gasteiger partial charge is 0.446 e. The average molecular weight is 305 g/mol. The molecular formula is C12H10F3NO3S. The van der Waals surface area contributed by atoms with Gasteiger partial charge in [-0.05, 0) is 30.8 Å². The molecule has 4 nitrogen and oxygen atoms in total. The number of aliphatic hydroxyl groups excluding tert-OH is 1. The summed E-state index contributed by atoms with van der Waals surface area (Å²) in [6, 6.07) is 3.71. The molecular weight excluding hydrogens is 295 g/mol. The van der Waals surface area contributed by atoms with Crippen LogP contribution in [0.2, 0.25) is 0 Å². The minimum absolute atomic E-state index is 0.0740. The number of alkyl halides is 3. The van der Waals surface area contributed by atoms with Gasteiger partial charge in [0.1, 0.15) is 6.07 Å². The molecule has 1 N–H and O–H groups in total. The number of carbonyl (C=O) groups excluding carboxylic acids is 1. The summed E-state index contributed by atoms with van der Waals surface area (Å²) in [4.78, 5) is 11.3. The second kappa shape index (κ2) is 6.63. The third kappa shape index (κ3) is 3.88. The molecule has 20 heavy (non-hydrogen) atoms. The van der Waals surface area contributed by atoms with Crippen molar-refractivity contribution in [2.24, 2.45) is 0 Å². The Kier molecular flexibility index (Phi) is 5.42. The van der Waals surface area contributed by atoms with Gasteiger partial charge in [-0.15, -0.1) is 0 Å². The molecule has 0 aliphatic heterocycles. The van der Waals surface area contributed by atoms with Gasteiger partial charge in [-0.3, -0.25) is 0 Å². The van der Waals surface area contributed by atoms with E-state index >= 15 is 0 Å². The Morgan fingerprint density at radius 3 is 2.60 bits per heavy atom. The van der Waals surface area contributed by atoms with Crippen LogP contribution in [0.15, 0.2) is 17.0 Å². The Morgan fingerprint density at radius 2 is 2.15 bits per heavy atom. The van der Waals surface area contributed by atoms with Crippen molar-refractivity contribution in [3.8, 4) is 6.07 Å². The number of nitrogens with zero attached hydrogens (tertiary/aromatic N) is 1. The summed E-state index contributed by atoms with van der Waals surface area (Å²) in [5.41, 5.74) is -5.22. The minimum Gasteiger partial charge on any atom is -0.462 e. The van der Waals surface area contributed by atoms with Gasteiger partial charge in [-0.2, -0.15) is 18.4 Å². The number of hydrogen-bond acceptors (Lipinski definition) is 5. The molecule has 108 valence electrons. The summed E-state index contributed by atoms with van der Waals surface area (Å²) in [6.07, 6.45) is 0. The molecule has 0 aromatic heterocycles. The molecule has 0 saturated heterocycles. The quantitative estimate of drug-likeness (QED) is 0.684. The van der Waals surface area contributed by atoms with E-state index in [-0.39, 0.29) is 28.2 Å². The highest BCUT2D eigenvalue weighted by molar-refractivity contribution is 8.00. The van der Waals surface area contributed by atoms with Crippen LogP contribution in [0.3, 0.4) is 0 Å². The lowest BCUT2D eigenvalue weighted by Gasteiger charge is -2.13. The lowest BCUT2D eigenvalue weighted by molar-refractivity contribution is -0.0328. The number of aliphatic hydroxyl groups is 1. The van der Waals surface area contributed by atoms with Gasteiger partial charge < -0.3 is 9.84 Å². The molecule has 0 amide bonds. The normalized spacial score (nSPS) is 11.0. The molecule has 0 radical (unpaired) electrons. The van der Waals surface area contributed by atoms with Crippen molar-refractivity contribution in [3.63, 3.8) is 0 Å². The SMILES string of the molecule is CCOC(=O)c1ccc(SC(F)(F)F)c(C#N)c1CO. The number of halogens is 3. The highest BCUT2D eigenvalue weighted by atomic mass is 32.2. The topological polar surface area (TPSA) is 70.3 Å². The van der Waals surface area contributed by atoms with Gasteiger partial charge in [0, 0.05) is 10.5 Å². The van der Waals surface area contributed by atoms with E-state index in [9.17, 15) is 23.1 Å². The van der Waals surface area contributed by atoms with Crippen LogP contribution in [-0.4, -0.2) is 23.2 Å². The Bertz CT molecular complexity index is 552. The first-order valence-electron chi connectivity index (χ1n) is 5.43. The largest absolute Gasteiger partial charge is 0.462 e. The number of rotatable bonds is 4. The van der Waals surface area contributed by atoms with Gasteiger partial charge in [0.05, 0.1) is 24.3 Å². The fourth-order valence-corrected chi connectivity index (χ4v) is 2.18. The zero-order valence-electron chi connectivity index (χ0n) is 10.3. The molecule has 1 rings (SSSR count). The molecule has 0 aliphatic rings. The first kappa shape index (κ1) is 16.3. The van der Waals surface area contributed by atoms with Crippen LogP contribution in [0.4, 0.5) is 13.2 Å². The molecule has 0 atom stereocenters. The summed E-state index contributed by atoms with van der Waals surface area (Å²) >= 11 is -0.470. The minimum atomic E-state index is -4.57. The highest BCUT2D eigenvalue weighted by Gasteiger charge is 2.32. The molecule has 0 saturated carbocycles. The molecule has 0 unspecified atom stereocenters. The molecule has 0 bridgehead atoms. The van der Waals surface area contributed by atoms with E-state index in [0.29, 0.717) is 0 Å². The number of ether oxygens (including phenoxy) is 1. The van der Waals surface area contributed by atoms with Crippen molar-refractivity contribution in [2.45, 2.75) is 23.9 Å². The Labute approximate surface area is 117 Å². The first-order valence-corrected chi connectivity index (χ1v) is 6.25. The van der Waals surface area contributed by atoms with Gasteiger partial charge in [0.2, 0.25) is 0 Å². The zero-order chi connectivity index (χ0) is 15.3. The maximum Gasteiger partial charge on any atom is 0.446 e. The molecule has 1 aromatic carbocycles. The van der Waals surface area contributed by atoms with Crippen molar-refractivity contribution in [1.29, 1.82) is 5.26 Å². The van der Waals surface area contributed by atoms with Crippen LogP contribution in [0.1, 0.15) is 28.4 Å². The van der Waals surface area contributed by atoms with Crippen LogP contribution < -0.4 is 0 Å². The van der Waals surface area contributed by atoms with E-state index < -0.39 is 29.8 Å². The number of benzene rings is 1. The van der Waals surface area contributed by atoms with E-state index in [1.807, 2.05) is 0 Å². The molecule has 0 heterocycles. The Hall–Kier alpha value is -1.72. The molecule has 0 spiro atoms. The summed E-state index contributed by atoms with van der Waals surface area (Å²) in [6.45, 7) is 0.906. The number of esters is 1.